The number of carbonyl (C=O) groups is 1. The summed E-state index contributed by atoms with van der Waals surface area (Å²) in [6.45, 7) is 0. The number of amides is 1. The molecule has 1 saturated heterocycles. The van der Waals surface area contributed by atoms with E-state index in [2.05, 4.69) is 10.6 Å². The van der Waals surface area contributed by atoms with Crippen molar-refractivity contribution in [1.29, 1.82) is 0 Å². The first-order chi connectivity index (χ1) is 6.70. The molecule has 4 unspecified atom stereocenters. The van der Waals surface area contributed by atoms with Crippen LogP contribution < -0.4 is 10.6 Å². The second kappa shape index (κ2) is 4.07. The van der Waals surface area contributed by atoms with Crippen molar-refractivity contribution in [2.45, 2.75) is 43.1 Å². The SMILES string of the molecule is CNC(=O)C1CC2CCC(Cl)CC2N1. The van der Waals surface area contributed by atoms with Gasteiger partial charge in [0.1, 0.15) is 0 Å². The molecule has 1 aliphatic heterocycles. The van der Waals surface area contributed by atoms with Crippen molar-refractivity contribution in [3.8, 4) is 0 Å². The molecule has 80 valence electrons. The van der Waals surface area contributed by atoms with Crippen LogP contribution in [0.5, 0.6) is 0 Å². The van der Waals surface area contributed by atoms with E-state index in [0.29, 0.717) is 17.3 Å². The Hall–Kier alpha value is -0.280. The molecule has 0 spiro atoms. The summed E-state index contributed by atoms with van der Waals surface area (Å²) < 4.78 is 0. The Morgan fingerprint density at radius 1 is 1.43 bits per heavy atom. The van der Waals surface area contributed by atoms with Gasteiger partial charge in [-0.15, -0.1) is 11.6 Å². The molecule has 2 aliphatic rings. The van der Waals surface area contributed by atoms with Gasteiger partial charge in [0.05, 0.1) is 6.04 Å². The van der Waals surface area contributed by atoms with Crippen LogP contribution >= 0.6 is 11.6 Å². The van der Waals surface area contributed by atoms with Crippen LogP contribution in [-0.2, 0) is 4.79 Å². The number of hydrogen-bond donors (Lipinski definition) is 2. The Labute approximate surface area is 89.6 Å². The molecule has 1 amide bonds. The van der Waals surface area contributed by atoms with Gasteiger partial charge in [-0.1, -0.05) is 0 Å². The number of alkyl halides is 1. The van der Waals surface area contributed by atoms with E-state index in [0.717, 1.165) is 19.3 Å². The van der Waals surface area contributed by atoms with Gasteiger partial charge in [0.2, 0.25) is 5.91 Å². The largest absolute Gasteiger partial charge is 0.358 e. The molecule has 4 atom stereocenters. The summed E-state index contributed by atoms with van der Waals surface area (Å²) in [5, 5.41) is 6.37. The van der Waals surface area contributed by atoms with Gasteiger partial charge < -0.3 is 10.6 Å². The number of halogens is 1. The first kappa shape index (κ1) is 10.2. The topological polar surface area (TPSA) is 41.1 Å². The van der Waals surface area contributed by atoms with Crippen molar-refractivity contribution in [2.24, 2.45) is 5.92 Å². The third-order valence-corrected chi connectivity index (χ3v) is 3.84. The maximum Gasteiger partial charge on any atom is 0.236 e. The van der Waals surface area contributed by atoms with Crippen LogP contribution in [0.3, 0.4) is 0 Å². The Bertz CT molecular complexity index is 234. The average Bonchev–Trinajstić information content (AvgIpc) is 2.59. The Kier molecular flexibility index (Phi) is 2.98. The Morgan fingerprint density at radius 2 is 2.21 bits per heavy atom. The van der Waals surface area contributed by atoms with E-state index in [1.54, 1.807) is 7.05 Å². The number of fused-ring (bicyclic) bond motifs is 1. The first-order valence-corrected chi connectivity index (χ1v) is 5.76. The van der Waals surface area contributed by atoms with Gasteiger partial charge in [0.25, 0.3) is 0 Å². The van der Waals surface area contributed by atoms with Crippen LogP contribution in [0.2, 0.25) is 0 Å². The number of likely N-dealkylation sites (N-methyl/N-ethyl adjacent to an activating group) is 1. The molecular weight excluding hydrogens is 200 g/mol. The maximum atomic E-state index is 11.4. The van der Waals surface area contributed by atoms with Crippen molar-refractivity contribution >= 4 is 17.5 Å². The highest BCUT2D eigenvalue weighted by atomic mass is 35.5. The van der Waals surface area contributed by atoms with Gasteiger partial charge in [0, 0.05) is 18.5 Å². The standard InChI is InChI=1S/C10H17ClN2O/c1-12-10(14)9-4-6-2-3-7(11)5-8(6)13-9/h6-9,13H,2-5H2,1H3,(H,12,14). The minimum atomic E-state index is 0.0111. The molecular formula is C10H17ClN2O. The second-order valence-corrected chi connectivity index (χ2v) is 4.96. The van der Waals surface area contributed by atoms with Gasteiger partial charge in [0.15, 0.2) is 0 Å². The zero-order valence-corrected chi connectivity index (χ0v) is 9.18. The second-order valence-electron chi connectivity index (χ2n) is 4.35. The molecule has 2 N–H and O–H groups in total. The molecule has 0 bridgehead atoms. The van der Waals surface area contributed by atoms with Crippen molar-refractivity contribution in [2.75, 3.05) is 7.05 Å². The van der Waals surface area contributed by atoms with Crippen LogP contribution in [0, 0.1) is 5.92 Å². The van der Waals surface area contributed by atoms with Gasteiger partial charge in [-0.25, -0.2) is 0 Å². The summed E-state index contributed by atoms with van der Waals surface area (Å²) in [6.07, 6.45) is 4.26. The highest BCUT2D eigenvalue weighted by Crippen LogP contribution is 2.35. The van der Waals surface area contributed by atoms with Crippen LogP contribution in [0.1, 0.15) is 25.7 Å². The quantitative estimate of drug-likeness (QED) is 0.639. The molecule has 1 saturated carbocycles. The van der Waals surface area contributed by atoms with Crippen LogP contribution in [0.25, 0.3) is 0 Å². The maximum absolute atomic E-state index is 11.4. The normalized spacial score (nSPS) is 41.9. The van der Waals surface area contributed by atoms with E-state index < -0.39 is 0 Å². The van der Waals surface area contributed by atoms with E-state index in [4.69, 9.17) is 11.6 Å². The smallest absolute Gasteiger partial charge is 0.236 e. The fraction of sp³-hybridized carbons (Fsp3) is 0.900. The van der Waals surface area contributed by atoms with E-state index in [1.807, 2.05) is 0 Å². The van der Waals surface area contributed by atoms with Crippen LogP contribution in [-0.4, -0.2) is 30.4 Å². The van der Waals surface area contributed by atoms with Crippen molar-refractivity contribution in [3.05, 3.63) is 0 Å². The highest BCUT2D eigenvalue weighted by molar-refractivity contribution is 6.20. The van der Waals surface area contributed by atoms with Crippen molar-refractivity contribution in [3.63, 3.8) is 0 Å². The number of carbonyl (C=O) groups excluding carboxylic acids is 1. The molecule has 0 aromatic rings. The molecule has 0 radical (unpaired) electrons. The fourth-order valence-corrected chi connectivity index (χ4v) is 2.97. The van der Waals surface area contributed by atoms with Crippen molar-refractivity contribution < 1.29 is 4.79 Å². The van der Waals surface area contributed by atoms with E-state index in [1.165, 1.54) is 6.42 Å². The minimum absolute atomic E-state index is 0.0111. The molecule has 14 heavy (non-hydrogen) atoms. The summed E-state index contributed by atoms with van der Waals surface area (Å²) in [6, 6.07) is 0.477. The lowest BCUT2D eigenvalue weighted by atomic mass is 9.84. The van der Waals surface area contributed by atoms with Gasteiger partial charge in [-0.05, 0) is 31.6 Å². The summed E-state index contributed by atoms with van der Waals surface area (Å²) in [5.41, 5.74) is 0. The molecule has 2 fully saturated rings. The van der Waals surface area contributed by atoms with Crippen LogP contribution in [0.15, 0.2) is 0 Å². The third-order valence-electron chi connectivity index (χ3n) is 3.45. The summed E-state index contributed by atoms with van der Waals surface area (Å²) in [5.74, 6) is 0.776. The van der Waals surface area contributed by atoms with Gasteiger partial charge >= 0.3 is 0 Å². The highest BCUT2D eigenvalue weighted by Gasteiger charge is 2.39. The monoisotopic (exact) mass is 216 g/mol. The lowest BCUT2D eigenvalue weighted by Crippen LogP contribution is -2.42. The molecule has 1 heterocycles. The Morgan fingerprint density at radius 3 is 2.93 bits per heavy atom. The molecule has 4 heteroatoms. The lowest BCUT2D eigenvalue weighted by molar-refractivity contribution is -0.122. The number of nitrogens with one attached hydrogen (secondary N) is 2. The molecule has 0 aromatic carbocycles. The molecule has 0 aromatic heterocycles. The number of rotatable bonds is 1. The third kappa shape index (κ3) is 1.89. The predicted molar refractivity (Wildman–Crippen MR) is 56.4 cm³/mol. The van der Waals surface area contributed by atoms with E-state index in [9.17, 15) is 4.79 Å². The minimum Gasteiger partial charge on any atom is -0.358 e. The zero-order chi connectivity index (χ0) is 10.1. The van der Waals surface area contributed by atoms with Gasteiger partial charge in [-0.3, -0.25) is 4.79 Å². The first-order valence-electron chi connectivity index (χ1n) is 5.32. The van der Waals surface area contributed by atoms with E-state index >= 15 is 0 Å². The fourth-order valence-electron chi connectivity index (χ4n) is 2.65. The summed E-state index contributed by atoms with van der Waals surface area (Å²) >= 11 is 6.10. The van der Waals surface area contributed by atoms with Crippen LogP contribution in [0.4, 0.5) is 0 Å². The van der Waals surface area contributed by atoms with E-state index in [-0.39, 0.29) is 11.9 Å². The molecule has 1 aliphatic carbocycles. The summed E-state index contributed by atoms with van der Waals surface area (Å²) in [7, 11) is 1.69. The molecule has 3 nitrogen and oxygen atoms in total. The molecule has 2 rings (SSSR count). The average molecular weight is 217 g/mol. The predicted octanol–water partition coefficient (Wildman–Crippen LogP) is 0.870. The number of hydrogen-bond acceptors (Lipinski definition) is 2. The van der Waals surface area contributed by atoms with Gasteiger partial charge in [-0.2, -0.15) is 0 Å². The van der Waals surface area contributed by atoms with Crippen molar-refractivity contribution in [1.82, 2.24) is 10.6 Å². The summed E-state index contributed by atoms with van der Waals surface area (Å²) in [4.78, 5) is 11.4. The Balaban J connectivity index is 1.95. The zero-order valence-electron chi connectivity index (χ0n) is 8.42. The lowest BCUT2D eigenvalue weighted by Gasteiger charge is -2.27.